The minimum atomic E-state index is -0.756. The summed E-state index contributed by atoms with van der Waals surface area (Å²) in [5.74, 6) is 0.0327. The number of carbonyl (C=O) groups excluding carboxylic acids is 2. The molecule has 1 aromatic heterocycles. The molecule has 0 unspecified atom stereocenters. The lowest BCUT2D eigenvalue weighted by molar-refractivity contribution is -0.147. The Balaban J connectivity index is 2.19. The maximum Gasteiger partial charge on any atom is 0.328 e. The van der Waals surface area contributed by atoms with Gasteiger partial charge >= 0.3 is 5.97 Å². The van der Waals surface area contributed by atoms with Crippen LogP contribution < -0.4 is 11.1 Å². The zero-order valence-electron chi connectivity index (χ0n) is 15.5. The van der Waals surface area contributed by atoms with E-state index in [0.29, 0.717) is 12.8 Å². The van der Waals surface area contributed by atoms with E-state index >= 15 is 0 Å². The van der Waals surface area contributed by atoms with Crippen molar-refractivity contribution in [1.29, 1.82) is 0 Å². The number of aromatic nitrogens is 1. The van der Waals surface area contributed by atoms with Crippen molar-refractivity contribution in [3.05, 3.63) is 36.0 Å². The van der Waals surface area contributed by atoms with E-state index in [0.717, 1.165) is 22.2 Å². The number of rotatable bonds is 9. The van der Waals surface area contributed by atoms with Crippen molar-refractivity contribution in [3.8, 4) is 0 Å². The second-order valence-electron chi connectivity index (χ2n) is 6.19. The average molecular weight is 378 g/mol. The second-order valence-corrected chi connectivity index (χ2v) is 7.17. The van der Waals surface area contributed by atoms with E-state index in [2.05, 4.69) is 5.32 Å². The van der Waals surface area contributed by atoms with Crippen LogP contribution in [0.25, 0.3) is 10.9 Å². The molecule has 0 aliphatic rings. The zero-order chi connectivity index (χ0) is 19.1. The quantitative estimate of drug-likeness (QED) is 0.651. The van der Waals surface area contributed by atoms with E-state index < -0.39 is 18.1 Å². The number of ether oxygens (including phenoxy) is 1. The number of para-hydroxylation sites is 1. The third-order valence-corrected chi connectivity index (χ3v) is 4.90. The van der Waals surface area contributed by atoms with Gasteiger partial charge in [0.2, 0.25) is 5.91 Å². The molecule has 26 heavy (non-hydrogen) atoms. The SMILES string of the molecule is CCOC(=O)[C@@H](Cc1cn(C)c2ccccc12)NC(=O)[C@@H](N)CCSC. The van der Waals surface area contributed by atoms with Crippen molar-refractivity contribution in [3.63, 3.8) is 0 Å². The van der Waals surface area contributed by atoms with Crippen LogP contribution >= 0.6 is 11.8 Å². The van der Waals surface area contributed by atoms with Gasteiger partial charge in [-0.25, -0.2) is 4.79 Å². The number of nitrogens with zero attached hydrogens (tertiary/aromatic N) is 1. The van der Waals surface area contributed by atoms with Gasteiger partial charge in [-0.3, -0.25) is 4.79 Å². The summed E-state index contributed by atoms with van der Waals surface area (Å²) in [5.41, 5.74) is 7.99. The topological polar surface area (TPSA) is 86.3 Å². The minimum Gasteiger partial charge on any atom is -0.464 e. The Bertz CT molecular complexity index is 760. The summed E-state index contributed by atoms with van der Waals surface area (Å²) >= 11 is 1.63. The summed E-state index contributed by atoms with van der Waals surface area (Å²) < 4.78 is 7.16. The lowest BCUT2D eigenvalue weighted by Gasteiger charge is -2.19. The monoisotopic (exact) mass is 377 g/mol. The van der Waals surface area contributed by atoms with Crippen LogP contribution in [0.5, 0.6) is 0 Å². The van der Waals surface area contributed by atoms with Gasteiger partial charge in [-0.05, 0) is 37.0 Å². The van der Waals surface area contributed by atoms with Crippen LogP contribution in [-0.2, 0) is 27.8 Å². The molecule has 3 N–H and O–H groups in total. The number of esters is 1. The predicted molar refractivity (Wildman–Crippen MR) is 106 cm³/mol. The van der Waals surface area contributed by atoms with Gasteiger partial charge in [0.1, 0.15) is 6.04 Å². The Hall–Kier alpha value is -1.99. The Morgan fingerprint density at radius 2 is 2.08 bits per heavy atom. The highest BCUT2D eigenvalue weighted by molar-refractivity contribution is 7.98. The molecule has 0 saturated carbocycles. The molecule has 0 saturated heterocycles. The van der Waals surface area contributed by atoms with Crippen LogP contribution in [0.15, 0.2) is 30.5 Å². The van der Waals surface area contributed by atoms with E-state index in [4.69, 9.17) is 10.5 Å². The van der Waals surface area contributed by atoms with Crippen LogP contribution in [-0.4, -0.2) is 47.1 Å². The summed E-state index contributed by atoms with van der Waals surface area (Å²) in [7, 11) is 1.96. The minimum absolute atomic E-state index is 0.263. The second kappa shape index (κ2) is 9.64. The van der Waals surface area contributed by atoms with Gasteiger partial charge in [-0.1, -0.05) is 18.2 Å². The first-order valence-corrected chi connectivity index (χ1v) is 10.1. The highest BCUT2D eigenvalue weighted by Gasteiger charge is 2.26. The standard InChI is InChI=1S/C19H27N3O3S/c1-4-25-19(24)16(21-18(23)15(20)9-10-26-3)11-13-12-22(2)17-8-6-5-7-14(13)17/h5-8,12,15-16H,4,9-11,20H2,1-3H3,(H,21,23)/t15-,16+/m0/s1. The maximum absolute atomic E-state index is 12.4. The molecule has 0 fully saturated rings. The summed E-state index contributed by atoms with van der Waals surface area (Å²) in [6.07, 6.45) is 4.88. The van der Waals surface area contributed by atoms with E-state index in [1.54, 1.807) is 18.7 Å². The number of fused-ring (bicyclic) bond motifs is 1. The van der Waals surface area contributed by atoms with Gasteiger partial charge in [0.15, 0.2) is 0 Å². The van der Waals surface area contributed by atoms with Gasteiger partial charge in [0.05, 0.1) is 12.6 Å². The highest BCUT2D eigenvalue weighted by Crippen LogP contribution is 2.22. The normalized spacial score (nSPS) is 13.4. The van der Waals surface area contributed by atoms with Gasteiger partial charge in [-0.2, -0.15) is 11.8 Å². The van der Waals surface area contributed by atoms with Crippen molar-refractivity contribution >= 4 is 34.5 Å². The third-order valence-electron chi connectivity index (χ3n) is 4.26. The smallest absolute Gasteiger partial charge is 0.328 e. The van der Waals surface area contributed by atoms with Crippen LogP contribution in [0.3, 0.4) is 0 Å². The number of hydrogen-bond acceptors (Lipinski definition) is 5. The average Bonchev–Trinajstić information content (AvgIpc) is 2.95. The summed E-state index contributed by atoms with van der Waals surface area (Å²) in [4.78, 5) is 24.7. The lowest BCUT2D eigenvalue weighted by atomic mass is 10.0. The molecule has 0 aliphatic carbocycles. The Kier molecular flexibility index (Phi) is 7.53. The number of nitrogens with one attached hydrogen (secondary N) is 1. The zero-order valence-corrected chi connectivity index (χ0v) is 16.3. The molecule has 7 heteroatoms. The van der Waals surface area contributed by atoms with Crippen LogP contribution in [0, 0.1) is 0 Å². The fourth-order valence-corrected chi connectivity index (χ4v) is 3.39. The molecule has 0 aliphatic heterocycles. The number of nitrogens with two attached hydrogens (primary N) is 1. The Morgan fingerprint density at radius 1 is 1.35 bits per heavy atom. The van der Waals surface area contributed by atoms with Crippen molar-refractivity contribution < 1.29 is 14.3 Å². The first-order valence-electron chi connectivity index (χ1n) is 8.72. The third kappa shape index (κ3) is 5.02. The molecule has 142 valence electrons. The lowest BCUT2D eigenvalue weighted by Crippen LogP contribution is -2.50. The van der Waals surface area contributed by atoms with E-state index in [9.17, 15) is 9.59 Å². The molecule has 1 amide bonds. The number of amides is 1. The first kappa shape index (κ1) is 20.3. The summed E-state index contributed by atoms with van der Waals surface area (Å²) in [5, 5.41) is 3.84. The van der Waals surface area contributed by atoms with Gasteiger partial charge in [-0.15, -0.1) is 0 Å². The molecule has 0 spiro atoms. The van der Waals surface area contributed by atoms with Gasteiger partial charge in [0.25, 0.3) is 0 Å². The van der Waals surface area contributed by atoms with Crippen LogP contribution in [0.1, 0.15) is 18.9 Å². The Labute approximate surface area is 158 Å². The predicted octanol–water partition coefficient (Wildman–Crippen LogP) is 1.85. The van der Waals surface area contributed by atoms with Crippen molar-refractivity contribution in [2.24, 2.45) is 12.8 Å². The van der Waals surface area contributed by atoms with E-state index in [-0.39, 0.29) is 12.5 Å². The number of thioether (sulfide) groups is 1. The van der Waals surface area contributed by atoms with Crippen LogP contribution in [0.4, 0.5) is 0 Å². The molecule has 2 rings (SSSR count). The number of benzene rings is 1. The maximum atomic E-state index is 12.4. The van der Waals surface area contributed by atoms with Crippen LogP contribution in [0.2, 0.25) is 0 Å². The molecule has 2 aromatic rings. The first-order chi connectivity index (χ1) is 12.5. The van der Waals surface area contributed by atoms with Gasteiger partial charge < -0.3 is 20.4 Å². The highest BCUT2D eigenvalue weighted by atomic mass is 32.2. The molecule has 6 nitrogen and oxygen atoms in total. The molecular formula is C19H27N3O3S. The largest absolute Gasteiger partial charge is 0.464 e. The van der Waals surface area contributed by atoms with Crippen molar-refractivity contribution in [1.82, 2.24) is 9.88 Å². The number of aryl methyl sites for hydroxylation is 1. The molecule has 0 radical (unpaired) electrons. The molecule has 1 heterocycles. The summed E-state index contributed by atoms with van der Waals surface area (Å²) in [6, 6.07) is 6.58. The van der Waals surface area contributed by atoms with Gasteiger partial charge in [0, 0.05) is 30.6 Å². The molecule has 1 aromatic carbocycles. The number of hydrogen-bond donors (Lipinski definition) is 2. The van der Waals surface area contributed by atoms with Crippen molar-refractivity contribution in [2.75, 3.05) is 18.6 Å². The number of carbonyl (C=O) groups is 2. The molecule has 2 atom stereocenters. The fourth-order valence-electron chi connectivity index (χ4n) is 2.90. The van der Waals surface area contributed by atoms with E-state index in [1.807, 2.05) is 48.3 Å². The van der Waals surface area contributed by atoms with E-state index in [1.165, 1.54) is 0 Å². The fraction of sp³-hybridized carbons (Fsp3) is 0.474. The molecular weight excluding hydrogens is 350 g/mol. The summed E-state index contributed by atoms with van der Waals surface area (Å²) in [6.45, 7) is 2.01. The Morgan fingerprint density at radius 3 is 2.77 bits per heavy atom. The molecule has 0 bridgehead atoms. The van der Waals surface area contributed by atoms with Crippen molar-refractivity contribution in [2.45, 2.75) is 31.8 Å².